The van der Waals surface area contributed by atoms with Crippen LogP contribution in [0.2, 0.25) is 0 Å². The molecule has 1 aromatic heterocycles. The van der Waals surface area contributed by atoms with Crippen LogP contribution < -0.4 is 15.1 Å². The Kier molecular flexibility index (Phi) is 4.60. The summed E-state index contributed by atoms with van der Waals surface area (Å²) in [5, 5.41) is 17.6. The van der Waals surface area contributed by atoms with Gasteiger partial charge in [-0.25, -0.2) is 4.98 Å². The maximum atomic E-state index is 11.5. The number of rotatable bonds is 6. The number of imidazole rings is 1. The van der Waals surface area contributed by atoms with E-state index in [0.29, 0.717) is 23.6 Å². The number of benzene rings is 2. The Morgan fingerprint density at radius 1 is 1.28 bits per heavy atom. The molecule has 0 saturated heterocycles. The first-order chi connectivity index (χ1) is 12.0. The highest BCUT2D eigenvalue weighted by atomic mass is 16.6. The van der Waals surface area contributed by atoms with Gasteiger partial charge in [0.05, 0.1) is 30.0 Å². The minimum atomic E-state index is -1.85. The monoisotopic (exact) mass is 341 g/mol. The number of amides is 1. The third-order valence-corrected chi connectivity index (χ3v) is 3.73. The molecule has 25 heavy (non-hydrogen) atoms. The van der Waals surface area contributed by atoms with E-state index in [2.05, 4.69) is 4.98 Å². The number of carbonyl (C=O) groups is 1. The van der Waals surface area contributed by atoms with Crippen molar-refractivity contribution in [3.05, 3.63) is 53.9 Å². The highest BCUT2D eigenvalue weighted by Crippen LogP contribution is 2.26. The lowest BCUT2D eigenvalue weighted by molar-refractivity contribution is 0.0997. The lowest BCUT2D eigenvalue weighted by atomic mass is 10.1. The highest BCUT2D eigenvalue weighted by molar-refractivity contribution is 6.33. The van der Waals surface area contributed by atoms with Crippen molar-refractivity contribution >= 4 is 24.3 Å². The molecule has 0 unspecified atom stereocenters. The molecule has 0 aliphatic carbocycles. The van der Waals surface area contributed by atoms with Gasteiger partial charge in [0.2, 0.25) is 0 Å². The molecule has 9 heteroatoms. The number of nitrogens with two attached hydrogens (primary N) is 1. The van der Waals surface area contributed by atoms with Crippen LogP contribution in [0, 0.1) is 0 Å². The minimum absolute atomic E-state index is 0.282. The van der Waals surface area contributed by atoms with Crippen LogP contribution in [-0.4, -0.2) is 39.9 Å². The summed E-state index contributed by atoms with van der Waals surface area (Å²) >= 11 is 0. The first kappa shape index (κ1) is 16.8. The summed E-state index contributed by atoms with van der Waals surface area (Å²) in [7, 11) is -0.377. The van der Waals surface area contributed by atoms with Gasteiger partial charge in [0.25, 0.3) is 5.91 Å². The van der Waals surface area contributed by atoms with Crippen LogP contribution in [-0.2, 0) is 6.54 Å². The zero-order valence-electron chi connectivity index (χ0n) is 13.4. The molecule has 4 N–H and O–H groups in total. The summed E-state index contributed by atoms with van der Waals surface area (Å²) in [5.74, 6) is 0.166. The summed E-state index contributed by atoms with van der Waals surface area (Å²) in [6.07, 6.45) is 1.66. The summed E-state index contributed by atoms with van der Waals surface area (Å²) in [4.78, 5) is 15.8. The lowest BCUT2D eigenvalue weighted by Gasteiger charge is -2.09. The summed E-state index contributed by atoms with van der Waals surface area (Å²) in [6, 6.07) is 10.2. The van der Waals surface area contributed by atoms with E-state index in [9.17, 15) is 4.79 Å². The molecule has 0 bridgehead atoms. The number of aromatic nitrogens is 2. The van der Waals surface area contributed by atoms with Crippen LogP contribution in [0.5, 0.6) is 11.5 Å². The Hall–Kier alpha value is -3.04. The number of primary amides is 1. The van der Waals surface area contributed by atoms with Crippen molar-refractivity contribution in [3.8, 4) is 11.5 Å². The Morgan fingerprint density at radius 2 is 2.00 bits per heavy atom. The zero-order chi connectivity index (χ0) is 18.0. The van der Waals surface area contributed by atoms with Gasteiger partial charge in [0.1, 0.15) is 11.5 Å². The quantitative estimate of drug-likeness (QED) is 0.563. The topological polar surface area (TPSA) is 120 Å². The maximum absolute atomic E-state index is 11.5. The molecule has 128 valence electrons. The fraction of sp³-hybridized carbons (Fsp3) is 0.125. The Labute approximate surface area is 143 Å². The summed E-state index contributed by atoms with van der Waals surface area (Å²) < 4.78 is 11.9. The second kappa shape index (κ2) is 6.84. The van der Waals surface area contributed by atoms with E-state index in [-0.39, 0.29) is 5.56 Å². The van der Waals surface area contributed by atoms with Gasteiger partial charge < -0.3 is 29.7 Å². The molecule has 0 aliphatic rings. The van der Waals surface area contributed by atoms with Crippen molar-refractivity contribution in [3.63, 3.8) is 0 Å². The molecule has 0 saturated carbocycles. The number of ether oxygens (including phenoxy) is 1. The van der Waals surface area contributed by atoms with E-state index in [1.54, 1.807) is 42.7 Å². The fourth-order valence-electron chi connectivity index (χ4n) is 2.56. The average Bonchev–Trinajstić information content (AvgIpc) is 2.97. The lowest BCUT2D eigenvalue weighted by Crippen LogP contribution is -2.20. The van der Waals surface area contributed by atoms with Gasteiger partial charge in [-0.1, -0.05) is 12.1 Å². The van der Waals surface area contributed by atoms with Gasteiger partial charge in [-0.15, -0.1) is 0 Å². The average molecular weight is 341 g/mol. The second-order valence-electron chi connectivity index (χ2n) is 5.37. The predicted octanol–water partition coefficient (Wildman–Crippen LogP) is 0.540. The molecule has 0 radical (unpaired) electrons. The van der Waals surface area contributed by atoms with Crippen molar-refractivity contribution in [1.82, 2.24) is 9.55 Å². The van der Waals surface area contributed by atoms with Gasteiger partial charge in [-0.3, -0.25) is 4.79 Å². The zero-order valence-corrected chi connectivity index (χ0v) is 13.4. The predicted molar refractivity (Wildman–Crippen MR) is 91.2 cm³/mol. The van der Waals surface area contributed by atoms with Crippen LogP contribution in [0.1, 0.15) is 15.9 Å². The molecule has 0 spiro atoms. The number of carbonyl (C=O) groups excluding carboxylic acids is 1. The smallest absolute Gasteiger partial charge is 0.512 e. The molecule has 8 nitrogen and oxygen atoms in total. The first-order valence-corrected chi connectivity index (χ1v) is 7.42. The summed E-state index contributed by atoms with van der Waals surface area (Å²) in [5.41, 5.74) is 8.03. The van der Waals surface area contributed by atoms with Crippen molar-refractivity contribution in [1.29, 1.82) is 0 Å². The second-order valence-corrected chi connectivity index (χ2v) is 5.37. The van der Waals surface area contributed by atoms with Crippen molar-refractivity contribution in [2.45, 2.75) is 6.54 Å². The van der Waals surface area contributed by atoms with E-state index in [1.165, 1.54) is 7.11 Å². The number of hydrogen-bond acceptors (Lipinski definition) is 6. The molecule has 2 aromatic carbocycles. The third-order valence-electron chi connectivity index (χ3n) is 3.73. The highest BCUT2D eigenvalue weighted by Gasteiger charge is 2.14. The molecular formula is C16H16BN3O5. The molecule has 1 amide bonds. The first-order valence-electron chi connectivity index (χ1n) is 7.42. The number of methoxy groups -OCH3 is 1. The van der Waals surface area contributed by atoms with Crippen molar-refractivity contribution < 1.29 is 24.2 Å². The van der Waals surface area contributed by atoms with Gasteiger partial charge in [0.15, 0.2) is 0 Å². The SMILES string of the molecule is COc1cc2c(cc1C(N)=O)ncn2Cc1ccc(OB(O)O)cc1. The summed E-state index contributed by atoms with van der Waals surface area (Å²) in [6.45, 7) is 0.525. The van der Waals surface area contributed by atoms with Crippen LogP contribution in [0.15, 0.2) is 42.7 Å². The Bertz CT molecular complexity index is 908. The standard InChI is InChI=1S/C16H16BN3O5/c1-24-15-7-14-13(6-12(15)16(18)21)19-9-20(14)8-10-2-4-11(5-3-10)25-17(22)23/h2-7,9,22-23H,8H2,1H3,(H2,18,21). The molecule has 3 aromatic rings. The Balaban J connectivity index is 1.90. The number of hydrogen-bond donors (Lipinski definition) is 3. The molecule has 0 aliphatic heterocycles. The number of fused-ring (bicyclic) bond motifs is 1. The van der Waals surface area contributed by atoms with E-state index in [0.717, 1.165) is 11.1 Å². The maximum Gasteiger partial charge on any atom is 0.707 e. The van der Waals surface area contributed by atoms with E-state index in [1.807, 2.05) is 4.57 Å². The van der Waals surface area contributed by atoms with Gasteiger partial charge in [0, 0.05) is 12.6 Å². The van der Waals surface area contributed by atoms with Crippen LogP contribution in [0.3, 0.4) is 0 Å². The Morgan fingerprint density at radius 3 is 2.60 bits per heavy atom. The van der Waals surface area contributed by atoms with E-state index < -0.39 is 13.2 Å². The molecule has 0 fully saturated rings. The van der Waals surface area contributed by atoms with Crippen molar-refractivity contribution in [2.75, 3.05) is 7.11 Å². The molecule has 3 rings (SSSR count). The largest absolute Gasteiger partial charge is 0.707 e. The van der Waals surface area contributed by atoms with Crippen LogP contribution in [0.25, 0.3) is 11.0 Å². The fourth-order valence-corrected chi connectivity index (χ4v) is 2.56. The van der Waals surface area contributed by atoms with Gasteiger partial charge in [-0.05, 0) is 23.8 Å². The van der Waals surface area contributed by atoms with E-state index in [4.69, 9.17) is 25.2 Å². The van der Waals surface area contributed by atoms with E-state index >= 15 is 0 Å². The van der Waals surface area contributed by atoms with Crippen LogP contribution >= 0.6 is 0 Å². The normalized spacial score (nSPS) is 10.7. The third kappa shape index (κ3) is 3.57. The molecule has 1 heterocycles. The number of nitrogens with zero attached hydrogens (tertiary/aromatic N) is 2. The van der Waals surface area contributed by atoms with Gasteiger partial charge >= 0.3 is 7.32 Å². The van der Waals surface area contributed by atoms with Crippen LogP contribution in [0.4, 0.5) is 0 Å². The molecular weight excluding hydrogens is 325 g/mol. The van der Waals surface area contributed by atoms with Crippen molar-refractivity contribution in [2.24, 2.45) is 5.73 Å². The minimum Gasteiger partial charge on any atom is -0.512 e. The van der Waals surface area contributed by atoms with Gasteiger partial charge in [-0.2, -0.15) is 0 Å². The molecule has 0 atom stereocenters.